The molecule has 0 radical (unpaired) electrons. The van der Waals surface area contributed by atoms with Crippen molar-refractivity contribution in [1.29, 1.82) is 5.41 Å². The third-order valence-corrected chi connectivity index (χ3v) is 9.67. The van der Waals surface area contributed by atoms with Gasteiger partial charge in [0, 0.05) is 46.6 Å². The maximum absolute atomic E-state index is 14.3. The number of guanidine groups is 1. The van der Waals surface area contributed by atoms with E-state index in [0.717, 1.165) is 0 Å². The zero-order valence-electron chi connectivity index (χ0n) is 28.8. The molecular formula is C37H35N5O13. The van der Waals surface area contributed by atoms with E-state index in [0.29, 0.717) is 28.0 Å². The molecule has 0 aromatic heterocycles. The molecule has 7 unspecified atom stereocenters. The lowest BCUT2D eigenvalue weighted by Crippen LogP contribution is -3.09. The number of aliphatic hydroxyl groups excluding tert-OH is 6. The monoisotopic (exact) mass is 757 g/mol. The van der Waals surface area contributed by atoms with Gasteiger partial charge < -0.3 is 54.8 Å². The fraction of sp³-hybridized carbons (Fsp3) is 0.324. The van der Waals surface area contributed by atoms with Crippen molar-refractivity contribution in [2.75, 3.05) is 19.9 Å². The lowest BCUT2D eigenvalue weighted by atomic mass is 9.81. The molecule has 0 spiro atoms. The number of carbonyl (C=O) groups is 3. The van der Waals surface area contributed by atoms with Gasteiger partial charge in [-0.05, 0) is 29.8 Å². The summed E-state index contributed by atoms with van der Waals surface area (Å²) in [6.07, 6.45) is -10.1. The van der Waals surface area contributed by atoms with Crippen LogP contribution < -0.4 is 19.5 Å². The van der Waals surface area contributed by atoms with Crippen LogP contribution in [-0.2, 0) is 22.6 Å². The number of rotatable bonds is 12. The fourth-order valence-corrected chi connectivity index (χ4v) is 6.90. The zero-order chi connectivity index (χ0) is 39.1. The second-order valence-electron chi connectivity index (χ2n) is 13.2. The number of aldehydes is 1. The van der Waals surface area contributed by atoms with Crippen LogP contribution in [0.3, 0.4) is 0 Å². The van der Waals surface area contributed by atoms with Crippen LogP contribution in [0, 0.1) is 5.41 Å². The lowest BCUT2D eigenvalue weighted by Gasteiger charge is -2.40. The maximum atomic E-state index is 14.3. The predicted octanol–water partition coefficient (Wildman–Crippen LogP) is -2.91. The molecule has 55 heavy (non-hydrogen) atoms. The third kappa shape index (κ3) is 6.85. The SMILES string of the molecule is N=C1N=C([O-])C2=NC[NH+](c3ccccc3Cc3cc4c(c(OCC(O)CC=O)c3OC3OC(CO)C(O)C(O)C3O)C(=O)c3cc(CO)ccc3C4=O)C2=N1. The van der Waals surface area contributed by atoms with Gasteiger partial charge in [0.2, 0.25) is 12.2 Å². The van der Waals surface area contributed by atoms with Crippen LogP contribution in [-0.4, -0.2) is 129 Å². The van der Waals surface area contributed by atoms with Crippen LogP contribution >= 0.6 is 0 Å². The summed E-state index contributed by atoms with van der Waals surface area (Å²) in [4.78, 5) is 52.3. The quantitative estimate of drug-likeness (QED) is 0.0674. The first-order chi connectivity index (χ1) is 26.4. The minimum absolute atomic E-state index is 0.00192. The van der Waals surface area contributed by atoms with E-state index in [-0.39, 0.29) is 70.4 Å². The largest absolute Gasteiger partial charge is 0.857 e. The number of amidine groups is 1. The number of benzene rings is 3. The molecule has 18 nitrogen and oxygen atoms in total. The Labute approximate surface area is 311 Å². The topological polar surface area (TPSA) is 289 Å². The highest BCUT2D eigenvalue weighted by atomic mass is 16.7. The molecule has 0 amide bonds. The summed E-state index contributed by atoms with van der Waals surface area (Å²) < 4.78 is 17.9. The molecular weight excluding hydrogens is 722 g/mol. The first-order valence-electron chi connectivity index (χ1n) is 17.1. The summed E-state index contributed by atoms with van der Waals surface area (Å²) >= 11 is 0. The Bertz CT molecular complexity index is 2180. The Morgan fingerprint density at radius 2 is 1.75 bits per heavy atom. The second-order valence-corrected chi connectivity index (χ2v) is 13.2. The van der Waals surface area contributed by atoms with Crippen molar-refractivity contribution in [2.45, 2.75) is 56.3 Å². The number of ether oxygens (including phenoxy) is 3. The highest BCUT2D eigenvalue weighted by Crippen LogP contribution is 2.45. The number of nitrogens with zero attached hydrogens (tertiary/aromatic N) is 3. The van der Waals surface area contributed by atoms with E-state index in [4.69, 9.17) is 19.6 Å². The predicted molar refractivity (Wildman–Crippen MR) is 187 cm³/mol. The van der Waals surface area contributed by atoms with Gasteiger partial charge in [-0.2, -0.15) is 4.99 Å². The molecule has 1 aliphatic carbocycles. The van der Waals surface area contributed by atoms with Gasteiger partial charge in [0.15, 0.2) is 35.4 Å². The molecule has 4 aliphatic rings. The zero-order valence-corrected chi connectivity index (χ0v) is 28.8. The number of aliphatic imine (C=N–C) groups is 3. The van der Waals surface area contributed by atoms with Crippen molar-refractivity contribution in [3.05, 3.63) is 87.5 Å². The summed E-state index contributed by atoms with van der Waals surface area (Å²) in [7, 11) is 0. The average molecular weight is 758 g/mol. The van der Waals surface area contributed by atoms with E-state index in [9.17, 15) is 50.1 Å². The Morgan fingerprint density at radius 1 is 0.964 bits per heavy atom. The van der Waals surface area contributed by atoms with Crippen molar-refractivity contribution in [3.63, 3.8) is 0 Å². The van der Waals surface area contributed by atoms with Gasteiger partial charge in [-0.3, -0.25) is 15.0 Å². The molecule has 3 aromatic carbocycles. The van der Waals surface area contributed by atoms with E-state index < -0.39 is 80.1 Å². The summed E-state index contributed by atoms with van der Waals surface area (Å²) in [6.45, 7) is -1.77. The molecule has 1 fully saturated rings. The van der Waals surface area contributed by atoms with Gasteiger partial charge in [-0.25, -0.2) is 14.9 Å². The molecule has 3 aromatic rings. The minimum atomic E-state index is -1.92. The van der Waals surface area contributed by atoms with Gasteiger partial charge in [0.05, 0.1) is 24.9 Å². The maximum Gasteiger partial charge on any atom is 0.262 e. The van der Waals surface area contributed by atoms with Crippen LogP contribution in [0.25, 0.3) is 0 Å². The van der Waals surface area contributed by atoms with E-state index in [2.05, 4.69) is 15.0 Å². The molecule has 7 atom stereocenters. The van der Waals surface area contributed by atoms with Gasteiger partial charge >= 0.3 is 0 Å². The average Bonchev–Trinajstić information content (AvgIpc) is 3.60. The van der Waals surface area contributed by atoms with Gasteiger partial charge in [0.25, 0.3) is 5.84 Å². The van der Waals surface area contributed by atoms with Crippen LogP contribution in [0.2, 0.25) is 0 Å². The summed E-state index contributed by atoms with van der Waals surface area (Å²) in [5, 5.41) is 82.8. The molecule has 7 rings (SSSR count). The van der Waals surface area contributed by atoms with E-state index in [1.165, 1.54) is 24.3 Å². The van der Waals surface area contributed by atoms with Crippen molar-refractivity contribution in [3.8, 4) is 11.5 Å². The Balaban J connectivity index is 1.41. The molecule has 0 bridgehead atoms. The van der Waals surface area contributed by atoms with Crippen LogP contribution in [0.4, 0.5) is 5.69 Å². The molecule has 8 N–H and O–H groups in total. The highest BCUT2D eigenvalue weighted by molar-refractivity contribution is 6.66. The van der Waals surface area contributed by atoms with Gasteiger partial charge in [-0.15, -0.1) is 0 Å². The first-order valence-corrected chi connectivity index (χ1v) is 17.1. The van der Waals surface area contributed by atoms with Crippen LogP contribution in [0.15, 0.2) is 63.5 Å². The van der Waals surface area contributed by atoms with Crippen LogP contribution in [0.5, 0.6) is 11.5 Å². The first kappa shape index (κ1) is 37.7. The number of aliphatic hydroxyl groups is 6. The normalized spacial score (nSPS) is 24.9. The fourth-order valence-electron chi connectivity index (χ4n) is 6.90. The number of quaternary nitrogens is 1. The number of ketones is 2. The number of nitrogens with one attached hydrogen (secondary N) is 2. The van der Waals surface area contributed by atoms with Crippen molar-refractivity contribution in [1.82, 2.24) is 0 Å². The van der Waals surface area contributed by atoms with Crippen molar-refractivity contribution >= 4 is 46.9 Å². The third-order valence-electron chi connectivity index (χ3n) is 9.67. The lowest BCUT2D eigenvalue weighted by molar-refractivity contribution is -0.723. The molecule has 1 saturated heterocycles. The minimum Gasteiger partial charge on any atom is -0.857 e. The Hall–Kier alpha value is -5.57. The standard InChI is InChI=1S/C37H35N5O13/c38-37-40-34-26(35(52)41-37)39-15-42(34)23-4-2-1-3-17(23)10-18-11-22-25(28(48)21-9-16(12-44)5-6-20(21)27(22)47)33(53-14-19(46)7-8-43)32(18)55-36-31(51)30(50)29(49)24(13-45)54-36/h1-6,8-9,11,19,24,29-31,36,44-46,49-51H,7,10,12-15H2,(H2,38,41,52). The molecule has 3 aliphatic heterocycles. The summed E-state index contributed by atoms with van der Waals surface area (Å²) in [5.74, 6) is -3.02. The molecule has 18 heteroatoms. The molecule has 286 valence electrons. The molecule has 3 heterocycles. The smallest absolute Gasteiger partial charge is 0.262 e. The number of fused-ring (bicyclic) bond motifs is 3. The number of hydrogen-bond donors (Lipinski definition) is 8. The summed E-state index contributed by atoms with van der Waals surface area (Å²) in [6, 6.07) is 12.6. The number of carbonyl (C=O) groups excluding carboxylic acids is 3. The van der Waals surface area contributed by atoms with Crippen molar-refractivity contribution < 1.29 is 69.2 Å². The van der Waals surface area contributed by atoms with Gasteiger partial charge in [0.1, 0.15) is 43.0 Å². The van der Waals surface area contributed by atoms with E-state index >= 15 is 0 Å². The Kier molecular flexibility index (Phi) is 10.5. The van der Waals surface area contributed by atoms with Crippen LogP contribution in [0.1, 0.15) is 55.0 Å². The summed E-state index contributed by atoms with van der Waals surface area (Å²) in [5.41, 5.74) is 1.13. The Morgan fingerprint density at radius 3 is 2.49 bits per heavy atom. The molecule has 0 saturated carbocycles. The second kappa shape index (κ2) is 15.3. The number of hydrogen-bond acceptors (Lipinski definition) is 15. The van der Waals surface area contributed by atoms with E-state index in [1.54, 1.807) is 24.3 Å². The van der Waals surface area contributed by atoms with E-state index in [1.807, 2.05) is 0 Å². The highest BCUT2D eigenvalue weighted by Gasteiger charge is 2.46. The number of para-hydroxylation sites is 1. The van der Waals surface area contributed by atoms with Crippen molar-refractivity contribution in [2.24, 2.45) is 15.0 Å². The van der Waals surface area contributed by atoms with Gasteiger partial charge in [-0.1, -0.05) is 24.3 Å².